The second-order valence-corrected chi connectivity index (χ2v) is 4.54. The molecule has 0 unspecified atom stereocenters. The zero-order valence-corrected chi connectivity index (χ0v) is 11.0. The molecule has 0 aliphatic heterocycles. The molecule has 0 N–H and O–H groups in total. The molecule has 2 aromatic rings. The lowest BCUT2D eigenvalue weighted by Crippen LogP contribution is -2.00. The second-order valence-electron chi connectivity index (χ2n) is 3.69. The molecule has 0 bridgehead atoms. The van der Waals surface area contributed by atoms with Crippen molar-refractivity contribution in [2.24, 2.45) is 0 Å². The van der Waals surface area contributed by atoms with Gasteiger partial charge >= 0.3 is 0 Å². The Morgan fingerprint density at radius 1 is 1.00 bits per heavy atom. The Balaban J connectivity index is 2.00. The van der Waals surface area contributed by atoms with E-state index in [0.717, 1.165) is 21.4 Å². The first-order valence-electron chi connectivity index (χ1n) is 5.38. The molecule has 2 rings (SSSR count). The van der Waals surface area contributed by atoms with Crippen molar-refractivity contribution in [1.29, 1.82) is 0 Å². The summed E-state index contributed by atoms with van der Waals surface area (Å²) in [5.41, 5.74) is 2.08. The third-order valence-electron chi connectivity index (χ3n) is 2.42. The number of rotatable bonds is 4. The maximum atomic E-state index is 5.71. The van der Waals surface area contributed by atoms with E-state index in [-0.39, 0.29) is 0 Å². The van der Waals surface area contributed by atoms with Crippen LogP contribution in [0.5, 0.6) is 5.75 Å². The monoisotopic (exact) mass is 288 g/mol. The fourth-order valence-electron chi connectivity index (χ4n) is 1.48. The highest BCUT2D eigenvalue weighted by Gasteiger charge is 2.02. The van der Waals surface area contributed by atoms with E-state index in [1.807, 2.05) is 54.6 Å². The molecule has 2 aromatic carbocycles. The quantitative estimate of drug-likeness (QED) is 0.802. The van der Waals surface area contributed by atoms with Gasteiger partial charge in [0.1, 0.15) is 12.4 Å². The van der Waals surface area contributed by atoms with E-state index in [0.29, 0.717) is 6.61 Å². The van der Waals surface area contributed by atoms with Gasteiger partial charge in [0, 0.05) is 0 Å². The van der Waals surface area contributed by atoms with Gasteiger partial charge in [0.2, 0.25) is 0 Å². The molecule has 0 heterocycles. The van der Waals surface area contributed by atoms with Crippen molar-refractivity contribution in [2.45, 2.75) is 0 Å². The lowest BCUT2D eigenvalue weighted by Gasteiger charge is -2.10. The summed E-state index contributed by atoms with van der Waals surface area (Å²) in [6.07, 6.45) is 0. The van der Waals surface area contributed by atoms with Gasteiger partial charge in [-0.05, 0) is 39.2 Å². The van der Waals surface area contributed by atoms with Crippen LogP contribution in [-0.2, 0) is 0 Å². The topological polar surface area (TPSA) is 9.23 Å². The maximum absolute atomic E-state index is 5.71. The summed E-state index contributed by atoms with van der Waals surface area (Å²) in [4.78, 5) is 0. The molecule has 0 fully saturated rings. The Morgan fingerprint density at radius 3 is 2.35 bits per heavy atom. The summed E-state index contributed by atoms with van der Waals surface area (Å²) in [7, 11) is 0. The maximum Gasteiger partial charge on any atom is 0.133 e. The smallest absolute Gasteiger partial charge is 0.133 e. The molecular weight excluding hydrogens is 276 g/mol. The van der Waals surface area contributed by atoms with E-state index in [1.165, 1.54) is 0 Å². The average Bonchev–Trinajstić information content (AvgIpc) is 2.38. The molecule has 0 radical (unpaired) electrons. The molecule has 0 aliphatic carbocycles. The van der Waals surface area contributed by atoms with Crippen LogP contribution in [0.2, 0.25) is 0 Å². The highest BCUT2D eigenvalue weighted by atomic mass is 79.9. The summed E-state index contributed by atoms with van der Waals surface area (Å²) >= 11 is 3.45. The summed E-state index contributed by atoms with van der Waals surface area (Å²) in [5.74, 6) is 0.838. The van der Waals surface area contributed by atoms with Crippen LogP contribution in [0.15, 0.2) is 65.6 Å². The van der Waals surface area contributed by atoms with E-state index < -0.39 is 0 Å². The Kier molecular flexibility index (Phi) is 3.99. The van der Waals surface area contributed by atoms with Gasteiger partial charge in [0.25, 0.3) is 0 Å². The van der Waals surface area contributed by atoms with Gasteiger partial charge in [-0.2, -0.15) is 0 Å². The second kappa shape index (κ2) is 5.69. The highest BCUT2D eigenvalue weighted by Crippen LogP contribution is 2.25. The van der Waals surface area contributed by atoms with Crippen LogP contribution in [0.3, 0.4) is 0 Å². The van der Waals surface area contributed by atoms with E-state index in [4.69, 9.17) is 4.74 Å². The molecule has 0 amide bonds. The van der Waals surface area contributed by atoms with Crippen molar-refractivity contribution in [1.82, 2.24) is 0 Å². The van der Waals surface area contributed by atoms with Crippen molar-refractivity contribution in [3.05, 3.63) is 71.2 Å². The summed E-state index contributed by atoms with van der Waals surface area (Å²) in [6.45, 7) is 4.52. The molecule has 0 aliphatic rings. The molecule has 17 heavy (non-hydrogen) atoms. The average molecular weight is 289 g/mol. The minimum atomic E-state index is 0.493. The van der Waals surface area contributed by atoms with Crippen LogP contribution in [0.1, 0.15) is 5.56 Å². The summed E-state index contributed by atoms with van der Waals surface area (Å²) in [5, 5.41) is 0. The first-order chi connectivity index (χ1) is 8.27. The Labute approximate surface area is 110 Å². The van der Waals surface area contributed by atoms with Gasteiger partial charge in [-0.1, -0.05) is 49.0 Å². The van der Waals surface area contributed by atoms with E-state index in [1.54, 1.807) is 0 Å². The molecule has 1 nitrogen and oxygen atoms in total. The lowest BCUT2D eigenvalue weighted by molar-refractivity contribution is 0.367. The van der Waals surface area contributed by atoms with Crippen LogP contribution in [0.4, 0.5) is 0 Å². The number of hydrogen-bond donors (Lipinski definition) is 0. The lowest BCUT2D eigenvalue weighted by atomic mass is 10.1. The van der Waals surface area contributed by atoms with Gasteiger partial charge < -0.3 is 4.74 Å². The van der Waals surface area contributed by atoms with Gasteiger partial charge in [-0.25, -0.2) is 0 Å². The van der Waals surface area contributed by atoms with Crippen molar-refractivity contribution in [2.75, 3.05) is 6.61 Å². The summed E-state index contributed by atoms with van der Waals surface area (Å²) in [6, 6.07) is 17.9. The Bertz CT molecular complexity index is 505. The molecule has 0 saturated heterocycles. The van der Waals surface area contributed by atoms with Crippen molar-refractivity contribution >= 4 is 21.5 Å². The molecule has 86 valence electrons. The number of halogens is 1. The van der Waals surface area contributed by atoms with E-state index in [2.05, 4.69) is 22.5 Å². The Hall–Kier alpha value is -1.54. The van der Waals surface area contributed by atoms with Crippen molar-refractivity contribution in [3.8, 4) is 5.75 Å². The minimum absolute atomic E-state index is 0.493. The number of para-hydroxylation sites is 1. The normalized spacial score (nSPS) is 9.94. The number of hydrogen-bond acceptors (Lipinski definition) is 1. The molecule has 0 spiro atoms. The van der Waals surface area contributed by atoms with Gasteiger partial charge in [-0.15, -0.1) is 0 Å². The third-order valence-corrected chi connectivity index (χ3v) is 3.08. The van der Waals surface area contributed by atoms with Gasteiger partial charge in [0.05, 0.1) is 4.47 Å². The molecule has 0 atom stereocenters. The van der Waals surface area contributed by atoms with Gasteiger partial charge in [-0.3, -0.25) is 0 Å². The number of benzene rings is 2. The van der Waals surface area contributed by atoms with Crippen molar-refractivity contribution in [3.63, 3.8) is 0 Å². The molecular formula is C15H13BrO. The van der Waals surface area contributed by atoms with E-state index in [9.17, 15) is 0 Å². The van der Waals surface area contributed by atoms with Crippen LogP contribution in [0.25, 0.3) is 5.57 Å². The first kappa shape index (κ1) is 11.9. The fourth-order valence-corrected chi connectivity index (χ4v) is 1.88. The largest absolute Gasteiger partial charge is 0.488 e. The SMILES string of the molecule is C=C(COc1ccccc1Br)c1ccccc1. The number of ether oxygens (including phenoxy) is 1. The van der Waals surface area contributed by atoms with Crippen LogP contribution >= 0.6 is 15.9 Å². The predicted octanol–water partition coefficient (Wildman–Crippen LogP) is 4.54. The first-order valence-corrected chi connectivity index (χ1v) is 6.17. The summed E-state index contributed by atoms with van der Waals surface area (Å²) < 4.78 is 6.67. The van der Waals surface area contributed by atoms with Crippen LogP contribution < -0.4 is 4.74 Å². The van der Waals surface area contributed by atoms with Crippen LogP contribution in [-0.4, -0.2) is 6.61 Å². The molecule has 2 heteroatoms. The molecule has 0 saturated carbocycles. The van der Waals surface area contributed by atoms with E-state index >= 15 is 0 Å². The van der Waals surface area contributed by atoms with Gasteiger partial charge in [0.15, 0.2) is 0 Å². The predicted molar refractivity (Wildman–Crippen MR) is 75.1 cm³/mol. The zero-order valence-electron chi connectivity index (χ0n) is 9.40. The zero-order chi connectivity index (χ0) is 12.1. The highest BCUT2D eigenvalue weighted by molar-refractivity contribution is 9.10. The minimum Gasteiger partial charge on any atom is -0.488 e. The van der Waals surface area contributed by atoms with Crippen LogP contribution in [0, 0.1) is 0 Å². The fraction of sp³-hybridized carbons (Fsp3) is 0.0667. The molecule has 0 aromatic heterocycles. The third kappa shape index (κ3) is 3.21. The standard InChI is InChI=1S/C15H13BrO/c1-12(13-7-3-2-4-8-13)11-17-15-10-6-5-9-14(15)16/h2-10H,1,11H2. The van der Waals surface area contributed by atoms with Crippen molar-refractivity contribution < 1.29 is 4.74 Å². The Morgan fingerprint density at radius 2 is 1.65 bits per heavy atom.